The molecule has 18 heavy (non-hydrogen) atoms. The Morgan fingerprint density at radius 1 is 1.50 bits per heavy atom. The first kappa shape index (κ1) is 13.6. The summed E-state index contributed by atoms with van der Waals surface area (Å²) < 4.78 is 0.712. The summed E-state index contributed by atoms with van der Waals surface area (Å²) >= 11 is 2.00. The number of amides is 1. The van der Waals surface area contributed by atoms with E-state index in [0.717, 1.165) is 0 Å². The second-order valence-electron chi connectivity index (χ2n) is 5.27. The van der Waals surface area contributed by atoms with Crippen LogP contribution in [0.3, 0.4) is 0 Å². The maximum Gasteiger partial charge on any atom is 0.251 e. The van der Waals surface area contributed by atoms with E-state index in [1.165, 1.54) is 6.07 Å². The van der Waals surface area contributed by atoms with Gasteiger partial charge in [0.25, 0.3) is 5.91 Å². The summed E-state index contributed by atoms with van der Waals surface area (Å²) in [5.74, 6) is -0.108. The highest BCUT2D eigenvalue weighted by molar-refractivity contribution is 14.1. The van der Waals surface area contributed by atoms with Gasteiger partial charge in [-0.05, 0) is 47.2 Å². The van der Waals surface area contributed by atoms with E-state index in [1.54, 1.807) is 12.1 Å². The first-order chi connectivity index (χ1) is 8.32. The van der Waals surface area contributed by atoms with Gasteiger partial charge in [0, 0.05) is 17.0 Å². The number of aromatic hydroxyl groups is 1. The van der Waals surface area contributed by atoms with Crippen LogP contribution in [0.4, 0.5) is 0 Å². The monoisotopic (exact) mass is 361 g/mol. The number of aliphatic hydroxyl groups excluding tert-OH is 1. The largest absolute Gasteiger partial charge is 0.507 e. The van der Waals surface area contributed by atoms with Crippen LogP contribution in [0.1, 0.15) is 30.6 Å². The fraction of sp³-hybridized carbons (Fsp3) is 0.462. The van der Waals surface area contributed by atoms with Gasteiger partial charge in [-0.25, -0.2) is 0 Å². The number of hydrogen-bond donors (Lipinski definition) is 3. The van der Waals surface area contributed by atoms with Crippen molar-refractivity contribution >= 4 is 28.5 Å². The third kappa shape index (κ3) is 2.33. The quantitative estimate of drug-likeness (QED) is 0.705. The minimum Gasteiger partial charge on any atom is -0.507 e. The van der Waals surface area contributed by atoms with Crippen LogP contribution in [-0.4, -0.2) is 28.3 Å². The summed E-state index contributed by atoms with van der Waals surface area (Å²) in [5.41, 5.74) is 0.145. The van der Waals surface area contributed by atoms with Crippen molar-refractivity contribution < 1.29 is 15.0 Å². The van der Waals surface area contributed by atoms with Crippen molar-refractivity contribution in [3.63, 3.8) is 0 Å². The van der Waals surface area contributed by atoms with E-state index >= 15 is 0 Å². The normalized spacial score (nSPS) is 25.3. The second kappa shape index (κ2) is 4.70. The van der Waals surface area contributed by atoms with Crippen LogP contribution >= 0.6 is 22.6 Å². The first-order valence-corrected chi connectivity index (χ1v) is 6.87. The summed E-state index contributed by atoms with van der Waals surface area (Å²) in [5, 5.41) is 22.1. The van der Waals surface area contributed by atoms with Crippen molar-refractivity contribution in [3.05, 3.63) is 27.3 Å². The summed E-state index contributed by atoms with van der Waals surface area (Å²) in [7, 11) is 0. The molecular weight excluding hydrogens is 345 g/mol. The van der Waals surface area contributed by atoms with Crippen molar-refractivity contribution in [2.24, 2.45) is 5.41 Å². The predicted molar refractivity (Wildman–Crippen MR) is 76.5 cm³/mol. The Morgan fingerprint density at radius 3 is 2.67 bits per heavy atom. The third-order valence-electron chi connectivity index (χ3n) is 3.73. The summed E-state index contributed by atoms with van der Waals surface area (Å²) in [6, 6.07) is 4.81. The standard InChI is InChI=1S/C13H16INO3/c1-13(2)10(6-11(13)17)15-12(18)7-3-4-8(14)9(16)5-7/h3-5,10-11,16-17H,6H2,1-2H3,(H,15,18). The maximum atomic E-state index is 12.0. The zero-order chi connectivity index (χ0) is 13.5. The molecule has 0 aliphatic heterocycles. The van der Waals surface area contributed by atoms with E-state index < -0.39 is 0 Å². The Morgan fingerprint density at radius 2 is 2.17 bits per heavy atom. The number of carbonyl (C=O) groups excluding carboxylic acids is 1. The van der Waals surface area contributed by atoms with Gasteiger partial charge in [-0.3, -0.25) is 4.79 Å². The fourth-order valence-electron chi connectivity index (χ4n) is 2.04. The molecule has 0 aromatic heterocycles. The van der Waals surface area contributed by atoms with Crippen LogP contribution in [0.15, 0.2) is 18.2 Å². The average Bonchev–Trinajstić information content (AvgIpc) is 2.32. The lowest BCUT2D eigenvalue weighted by molar-refractivity contribution is -0.0689. The molecule has 3 N–H and O–H groups in total. The fourth-order valence-corrected chi connectivity index (χ4v) is 2.38. The molecule has 5 heteroatoms. The van der Waals surface area contributed by atoms with E-state index in [4.69, 9.17) is 0 Å². The summed E-state index contributed by atoms with van der Waals surface area (Å²) in [4.78, 5) is 12.0. The van der Waals surface area contributed by atoms with Gasteiger partial charge >= 0.3 is 0 Å². The Hall–Kier alpha value is -0.820. The number of rotatable bonds is 2. The lowest BCUT2D eigenvalue weighted by Gasteiger charge is -2.49. The van der Waals surface area contributed by atoms with Crippen LogP contribution < -0.4 is 5.32 Å². The molecule has 0 saturated heterocycles. The molecule has 1 aromatic carbocycles. The molecule has 2 atom stereocenters. The Balaban J connectivity index is 2.07. The number of hydrogen-bond acceptors (Lipinski definition) is 3. The lowest BCUT2D eigenvalue weighted by atomic mass is 9.64. The van der Waals surface area contributed by atoms with E-state index in [2.05, 4.69) is 5.32 Å². The van der Waals surface area contributed by atoms with Crippen molar-refractivity contribution in [2.45, 2.75) is 32.4 Å². The third-order valence-corrected chi connectivity index (χ3v) is 4.64. The molecule has 0 spiro atoms. The molecule has 0 heterocycles. The number of aliphatic hydroxyl groups is 1. The van der Waals surface area contributed by atoms with E-state index in [1.807, 2.05) is 36.4 Å². The van der Waals surface area contributed by atoms with Crippen molar-refractivity contribution in [1.29, 1.82) is 0 Å². The van der Waals surface area contributed by atoms with Gasteiger partial charge < -0.3 is 15.5 Å². The number of nitrogens with one attached hydrogen (secondary N) is 1. The van der Waals surface area contributed by atoms with Gasteiger partial charge in [0.2, 0.25) is 0 Å². The van der Waals surface area contributed by atoms with Crippen molar-refractivity contribution in [1.82, 2.24) is 5.32 Å². The number of phenols is 1. The van der Waals surface area contributed by atoms with Crippen molar-refractivity contribution in [2.75, 3.05) is 0 Å². The topological polar surface area (TPSA) is 69.6 Å². The van der Waals surface area contributed by atoms with Crippen LogP contribution in [0.5, 0.6) is 5.75 Å². The number of phenolic OH excluding ortho intramolecular Hbond substituents is 1. The lowest BCUT2D eigenvalue weighted by Crippen LogP contribution is -2.61. The van der Waals surface area contributed by atoms with Gasteiger partial charge in [-0.15, -0.1) is 0 Å². The molecule has 4 nitrogen and oxygen atoms in total. The smallest absolute Gasteiger partial charge is 0.251 e. The predicted octanol–water partition coefficient (Wildman–Crippen LogP) is 1.89. The molecule has 1 aliphatic carbocycles. The first-order valence-electron chi connectivity index (χ1n) is 5.80. The summed E-state index contributed by atoms with van der Waals surface area (Å²) in [6.45, 7) is 3.86. The highest BCUT2D eigenvalue weighted by atomic mass is 127. The van der Waals surface area contributed by atoms with Gasteiger partial charge in [-0.1, -0.05) is 13.8 Å². The Labute approximate surface area is 120 Å². The van der Waals surface area contributed by atoms with Crippen LogP contribution in [0.25, 0.3) is 0 Å². The zero-order valence-corrected chi connectivity index (χ0v) is 12.4. The van der Waals surface area contributed by atoms with Gasteiger partial charge in [0.15, 0.2) is 0 Å². The van der Waals surface area contributed by atoms with Crippen LogP contribution in [0.2, 0.25) is 0 Å². The molecule has 1 aliphatic rings. The molecule has 1 fully saturated rings. The van der Waals surface area contributed by atoms with Gasteiger partial charge in [0.05, 0.1) is 9.67 Å². The molecule has 0 bridgehead atoms. The highest BCUT2D eigenvalue weighted by Gasteiger charge is 2.47. The molecule has 0 radical (unpaired) electrons. The Kier molecular flexibility index (Phi) is 3.55. The molecule has 1 saturated carbocycles. The maximum absolute atomic E-state index is 12.0. The molecular formula is C13H16INO3. The number of carbonyl (C=O) groups is 1. The van der Waals surface area contributed by atoms with Crippen molar-refractivity contribution in [3.8, 4) is 5.75 Å². The zero-order valence-electron chi connectivity index (χ0n) is 10.3. The van der Waals surface area contributed by atoms with E-state index in [-0.39, 0.29) is 29.2 Å². The second-order valence-corrected chi connectivity index (χ2v) is 6.43. The minimum atomic E-state index is -0.368. The molecule has 1 amide bonds. The van der Waals surface area contributed by atoms with Crippen LogP contribution in [0, 0.1) is 8.99 Å². The van der Waals surface area contributed by atoms with Crippen LogP contribution in [-0.2, 0) is 0 Å². The molecule has 2 unspecified atom stereocenters. The molecule has 1 aromatic rings. The number of benzene rings is 1. The summed E-state index contributed by atoms with van der Waals surface area (Å²) in [6.07, 6.45) is 0.211. The average molecular weight is 361 g/mol. The SMILES string of the molecule is CC1(C)C(O)CC1NC(=O)c1ccc(I)c(O)c1. The highest BCUT2D eigenvalue weighted by Crippen LogP contribution is 2.40. The number of halogens is 1. The van der Waals surface area contributed by atoms with E-state index in [9.17, 15) is 15.0 Å². The van der Waals surface area contributed by atoms with Gasteiger partial charge in [0.1, 0.15) is 5.75 Å². The Bertz CT molecular complexity index is 487. The molecule has 98 valence electrons. The van der Waals surface area contributed by atoms with Gasteiger partial charge in [-0.2, -0.15) is 0 Å². The molecule has 2 rings (SSSR count). The van der Waals surface area contributed by atoms with E-state index in [0.29, 0.717) is 15.6 Å². The minimum absolute atomic E-state index is 0.0265.